The molecule has 31 heavy (non-hydrogen) atoms. The quantitative estimate of drug-likeness (QED) is 0.279. The maximum absolute atomic E-state index is 4.61. The zero-order valence-electron chi connectivity index (χ0n) is 17.0. The minimum absolute atomic E-state index is 0.949. The van der Waals surface area contributed by atoms with Crippen LogP contribution >= 0.6 is 7.26 Å². The molecule has 0 saturated heterocycles. The molecule has 1 heterocycles. The van der Waals surface area contributed by atoms with Crippen LogP contribution in [-0.2, 0) is 0 Å². The van der Waals surface area contributed by atoms with Gasteiger partial charge in [0.2, 0.25) is 0 Å². The van der Waals surface area contributed by atoms with E-state index in [2.05, 4.69) is 132 Å². The summed E-state index contributed by atoms with van der Waals surface area (Å²) in [4.78, 5) is 4.61. The lowest BCUT2D eigenvalue weighted by atomic mass is 10.1. The molecule has 1 aromatic heterocycles. The van der Waals surface area contributed by atoms with Gasteiger partial charge < -0.3 is 0 Å². The molecule has 4 aromatic carbocycles. The minimum atomic E-state index is -2.19. The van der Waals surface area contributed by atoms with Gasteiger partial charge in [0.05, 0.1) is 16.7 Å². The van der Waals surface area contributed by atoms with Crippen molar-refractivity contribution in [1.82, 2.24) is 4.98 Å². The van der Waals surface area contributed by atoms with E-state index in [0.29, 0.717) is 0 Å². The van der Waals surface area contributed by atoms with Gasteiger partial charge in [-0.2, -0.15) is 0 Å². The Kier molecular flexibility index (Phi) is 5.32. The van der Waals surface area contributed by atoms with Gasteiger partial charge in [-0.1, -0.05) is 72.8 Å². The largest absolute Gasteiger partial charge is 0.255 e. The average molecular weight is 414 g/mol. The maximum atomic E-state index is 4.61. The van der Waals surface area contributed by atoms with Crippen LogP contribution in [0.1, 0.15) is 5.56 Å². The molecule has 0 amide bonds. The Bertz CT molecular complexity index is 1270. The third-order valence-corrected chi connectivity index (χ3v) is 9.09. The Morgan fingerprint density at radius 2 is 1.03 bits per heavy atom. The summed E-state index contributed by atoms with van der Waals surface area (Å²) in [6.45, 7) is 0. The van der Waals surface area contributed by atoms with E-state index in [1.807, 2.05) is 12.3 Å². The van der Waals surface area contributed by atoms with Crippen molar-refractivity contribution in [2.45, 2.75) is 0 Å². The van der Waals surface area contributed by atoms with E-state index in [0.717, 1.165) is 16.5 Å². The number of rotatable bonds is 3. The first kappa shape index (κ1) is 19.3. The van der Waals surface area contributed by atoms with E-state index < -0.39 is 7.26 Å². The Morgan fingerprint density at radius 1 is 0.516 bits per heavy atom. The summed E-state index contributed by atoms with van der Waals surface area (Å²) < 4.78 is 0. The molecule has 146 valence electrons. The zero-order valence-corrected chi connectivity index (χ0v) is 17.9. The molecule has 5 aromatic rings. The van der Waals surface area contributed by atoms with Crippen molar-refractivity contribution in [3.8, 4) is 11.6 Å². The van der Waals surface area contributed by atoms with Crippen LogP contribution in [0.5, 0.6) is 0 Å². The van der Waals surface area contributed by atoms with Crippen molar-refractivity contribution in [2.24, 2.45) is 0 Å². The van der Waals surface area contributed by atoms with Crippen LogP contribution < -0.4 is 15.9 Å². The van der Waals surface area contributed by atoms with Crippen LogP contribution in [0, 0.1) is 11.6 Å². The van der Waals surface area contributed by atoms with Gasteiger partial charge in [0, 0.05) is 11.6 Å². The molecule has 0 aliphatic rings. The van der Waals surface area contributed by atoms with Crippen molar-refractivity contribution in [3.05, 3.63) is 133 Å². The summed E-state index contributed by atoms with van der Waals surface area (Å²) >= 11 is 0. The second-order valence-corrected chi connectivity index (χ2v) is 10.4. The molecule has 0 radical (unpaired) electrons. The van der Waals surface area contributed by atoms with Crippen molar-refractivity contribution in [2.75, 3.05) is 0 Å². The van der Waals surface area contributed by atoms with Crippen LogP contribution in [0.15, 0.2) is 128 Å². The van der Waals surface area contributed by atoms with Crippen molar-refractivity contribution >= 4 is 34.1 Å². The molecular weight excluding hydrogens is 393 g/mol. The van der Waals surface area contributed by atoms with Crippen LogP contribution in [-0.4, -0.2) is 4.98 Å². The summed E-state index contributed by atoms with van der Waals surface area (Å²) in [6, 6.07) is 42.4. The van der Waals surface area contributed by atoms with Gasteiger partial charge in [-0.05, 0) is 54.5 Å². The van der Waals surface area contributed by atoms with Gasteiger partial charge in [-0.15, -0.1) is 0 Å². The second kappa shape index (κ2) is 8.57. The van der Waals surface area contributed by atoms with Crippen LogP contribution in [0.2, 0.25) is 0 Å². The molecule has 2 heteroatoms. The fraction of sp³-hybridized carbons (Fsp3) is 0. The molecular formula is C29H21NP+. The summed E-state index contributed by atoms with van der Waals surface area (Å²) in [5.41, 5.74) is 5.72. The molecule has 5 rings (SSSR count). The van der Waals surface area contributed by atoms with E-state index in [9.17, 15) is 0 Å². The topological polar surface area (TPSA) is 12.9 Å². The first-order valence-electron chi connectivity index (χ1n) is 10.3. The molecule has 0 aliphatic carbocycles. The van der Waals surface area contributed by atoms with E-state index in [1.165, 1.54) is 15.9 Å². The highest BCUT2D eigenvalue weighted by molar-refractivity contribution is 7.99. The fourth-order valence-electron chi connectivity index (χ4n) is 3.94. The molecule has 0 unspecified atom stereocenters. The van der Waals surface area contributed by atoms with Crippen LogP contribution in [0.4, 0.5) is 0 Å². The smallest absolute Gasteiger partial charge is 0.189 e. The molecule has 0 aliphatic heterocycles. The number of aromatic nitrogens is 1. The molecule has 0 fully saturated rings. The highest BCUT2D eigenvalue weighted by Crippen LogP contribution is 2.54. The molecule has 0 bridgehead atoms. The Morgan fingerprint density at radius 3 is 1.58 bits per heavy atom. The highest BCUT2D eigenvalue weighted by atomic mass is 31.2. The van der Waals surface area contributed by atoms with E-state index in [1.54, 1.807) is 0 Å². The third kappa shape index (κ3) is 3.64. The first-order valence-corrected chi connectivity index (χ1v) is 12.1. The lowest BCUT2D eigenvalue weighted by Crippen LogP contribution is -2.29. The molecule has 0 saturated carbocycles. The van der Waals surface area contributed by atoms with Crippen molar-refractivity contribution in [3.63, 3.8) is 0 Å². The second-order valence-electron chi connectivity index (χ2n) is 7.29. The van der Waals surface area contributed by atoms with Crippen LogP contribution in [0.3, 0.4) is 0 Å². The number of pyridine rings is 1. The van der Waals surface area contributed by atoms with Crippen molar-refractivity contribution in [1.29, 1.82) is 0 Å². The van der Waals surface area contributed by atoms with Gasteiger partial charge in [0.1, 0.15) is 15.9 Å². The normalized spacial score (nSPS) is 11.0. The fourth-order valence-corrected chi connectivity index (χ4v) is 7.37. The number of hydrogen-bond acceptors (Lipinski definition) is 1. The maximum Gasteiger partial charge on any atom is 0.189 e. The lowest BCUT2D eigenvalue weighted by Gasteiger charge is -2.21. The SMILES string of the molecule is C(#C[P+](c1ccccc1)(c1ccccc1)c1ccccc1)c1cccc2cccnc12. The molecule has 1 nitrogen and oxygen atoms in total. The standard InChI is InChI=1S/C29H21NP/c1-4-15-26(16-5-1)31(27-17-6-2-7-18-27,28-19-8-3-9-20-28)23-21-25-13-10-12-24-14-11-22-30-29(24)25/h1-20,22H/q+1. The summed E-state index contributed by atoms with van der Waals surface area (Å²) in [6.07, 6.45) is 1.83. The first-order chi connectivity index (χ1) is 15.4. The van der Waals surface area contributed by atoms with E-state index >= 15 is 0 Å². The number of fused-ring (bicyclic) bond motifs is 1. The third-order valence-electron chi connectivity index (χ3n) is 5.42. The zero-order chi connectivity index (χ0) is 20.9. The highest BCUT2D eigenvalue weighted by Gasteiger charge is 2.44. The minimum Gasteiger partial charge on any atom is -0.255 e. The van der Waals surface area contributed by atoms with Crippen LogP contribution in [0.25, 0.3) is 10.9 Å². The Labute approximate surface area is 183 Å². The van der Waals surface area contributed by atoms with Gasteiger partial charge in [-0.25, -0.2) is 0 Å². The predicted octanol–water partition coefficient (Wildman–Crippen LogP) is 5.54. The van der Waals surface area contributed by atoms with Gasteiger partial charge in [0.15, 0.2) is 7.26 Å². The molecule has 0 spiro atoms. The Balaban J connectivity index is 1.82. The monoisotopic (exact) mass is 414 g/mol. The predicted molar refractivity (Wildman–Crippen MR) is 134 cm³/mol. The average Bonchev–Trinajstić information content (AvgIpc) is 2.86. The van der Waals surface area contributed by atoms with E-state index in [4.69, 9.17) is 0 Å². The number of para-hydroxylation sites is 1. The number of nitrogens with zero attached hydrogens (tertiary/aromatic N) is 1. The summed E-state index contributed by atoms with van der Waals surface area (Å²) in [5, 5.41) is 4.88. The van der Waals surface area contributed by atoms with Gasteiger partial charge in [-0.3, -0.25) is 4.98 Å². The summed E-state index contributed by atoms with van der Waals surface area (Å²) in [7, 11) is -2.19. The Hall–Kier alpha value is -3.72. The van der Waals surface area contributed by atoms with E-state index in [-0.39, 0.29) is 0 Å². The molecule has 0 N–H and O–H groups in total. The number of benzene rings is 4. The lowest BCUT2D eigenvalue weighted by molar-refractivity contribution is 1.40. The summed E-state index contributed by atoms with van der Waals surface area (Å²) in [5.74, 6) is 3.56. The van der Waals surface area contributed by atoms with Gasteiger partial charge >= 0.3 is 0 Å². The number of hydrogen-bond donors (Lipinski definition) is 0. The van der Waals surface area contributed by atoms with Crippen molar-refractivity contribution < 1.29 is 0 Å². The van der Waals surface area contributed by atoms with Gasteiger partial charge in [0.25, 0.3) is 0 Å². The molecule has 0 atom stereocenters.